The Morgan fingerprint density at radius 3 is 2.86 bits per heavy atom. The largest absolute Gasteiger partial charge is 0.494 e. The molecule has 2 aliphatic rings. The highest BCUT2D eigenvalue weighted by Gasteiger charge is 2.28. The number of ether oxygens (including phenoxy) is 2. The minimum Gasteiger partial charge on any atom is -0.494 e. The van der Waals surface area contributed by atoms with Gasteiger partial charge in [-0.2, -0.15) is 0 Å². The van der Waals surface area contributed by atoms with E-state index in [1.165, 1.54) is 13.2 Å². The highest BCUT2D eigenvalue weighted by molar-refractivity contribution is 6.33. The van der Waals surface area contributed by atoms with Crippen molar-refractivity contribution in [2.45, 2.75) is 32.4 Å². The number of aromatic nitrogens is 1. The van der Waals surface area contributed by atoms with Crippen molar-refractivity contribution < 1.29 is 24.2 Å². The fourth-order valence-electron chi connectivity index (χ4n) is 4.03. The molecule has 1 aromatic carbocycles. The Hall–Kier alpha value is -3.12. The zero-order valence-electron chi connectivity index (χ0n) is 16.5. The minimum atomic E-state index is -0.553. The summed E-state index contributed by atoms with van der Waals surface area (Å²) < 4.78 is 12.3. The van der Waals surface area contributed by atoms with Crippen LogP contribution in [0.5, 0.6) is 5.88 Å². The third-order valence-corrected chi connectivity index (χ3v) is 5.55. The molecular formula is C23H23NO5. The fourth-order valence-corrected chi connectivity index (χ4v) is 4.03. The normalized spacial score (nSPS) is 19.6. The van der Waals surface area contributed by atoms with E-state index in [1.807, 2.05) is 24.3 Å². The van der Waals surface area contributed by atoms with Crippen LogP contribution < -0.4 is 0 Å². The standard InChI is InChI=1S/C23H23NO5/c1-14-21(23(27)28-2)19(22(26)24(14)13-16-7-5-11-29-16)12-18-17-8-4-3-6-15(17)9-10-20(18)25/h3-4,6,8-10,12,16,26H,5,7,11,13H2,1-2H3/t16-/m0/s1. The number of aromatic hydroxyl groups is 1. The van der Waals surface area contributed by atoms with Crippen LogP contribution in [0.3, 0.4) is 0 Å². The summed E-state index contributed by atoms with van der Waals surface area (Å²) in [6.45, 7) is 2.90. The van der Waals surface area contributed by atoms with E-state index in [1.54, 1.807) is 23.6 Å². The molecule has 4 rings (SSSR count). The molecule has 0 saturated carbocycles. The molecule has 6 nitrogen and oxygen atoms in total. The average Bonchev–Trinajstić information content (AvgIpc) is 3.32. The quantitative estimate of drug-likeness (QED) is 0.634. The van der Waals surface area contributed by atoms with Gasteiger partial charge in [-0.3, -0.25) is 4.79 Å². The predicted molar refractivity (Wildman–Crippen MR) is 110 cm³/mol. The number of allylic oxidation sites excluding steroid dienone is 2. The summed E-state index contributed by atoms with van der Waals surface area (Å²) in [4.78, 5) is 25.1. The Morgan fingerprint density at radius 1 is 1.34 bits per heavy atom. The summed E-state index contributed by atoms with van der Waals surface area (Å²) >= 11 is 0. The average molecular weight is 393 g/mol. The first-order valence-corrected chi connectivity index (χ1v) is 9.66. The van der Waals surface area contributed by atoms with Crippen molar-refractivity contribution in [1.29, 1.82) is 0 Å². The van der Waals surface area contributed by atoms with E-state index in [0.29, 0.717) is 30.0 Å². The van der Waals surface area contributed by atoms with E-state index < -0.39 is 5.97 Å². The zero-order chi connectivity index (χ0) is 20.5. The van der Waals surface area contributed by atoms with Crippen LogP contribution >= 0.6 is 0 Å². The Bertz CT molecular complexity index is 1040. The highest BCUT2D eigenvalue weighted by Crippen LogP contribution is 2.36. The summed E-state index contributed by atoms with van der Waals surface area (Å²) in [5, 5.41) is 11.0. The molecule has 29 heavy (non-hydrogen) atoms. The molecule has 1 fully saturated rings. The lowest BCUT2D eigenvalue weighted by molar-refractivity contribution is -0.109. The van der Waals surface area contributed by atoms with E-state index in [0.717, 1.165) is 24.0 Å². The molecular weight excluding hydrogens is 370 g/mol. The van der Waals surface area contributed by atoms with Gasteiger partial charge in [0, 0.05) is 17.9 Å². The summed E-state index contributed by atoms with van der Waals surface area (Å²) in [6.07, 6.45) is 6.72. The molecule has 1 N–H and O–H groups in total. The Balaban J connectivity index is 1.86. The van der Waals surface area contributed by atoms with E-state index in [-0.39, 0.29) is 23.3 Å². The number of ketones is 1. The summed E-state index contributed by atoms with van der Waals surface area (Å²) in [6, 6.07) is 7.53. The molecule has 1 aliphatic heterocycles. The van der Waals surface area contributed by atoms with Crippen LogP contribution in [-0.2, 0) is 20.8 Å². The van der Waals surface area contributed by atoms with Crippen molar-refractivity contribution in [3.8, 4) is 5.88 Å². The van der Waals surface area contributed by atoms with Gasteiger partial charge >= 0.3 is 5.97 Å². The van der Waals surface area contributed by atoms with Crippen molar-refractivity contribution >= 4 is 29.5 Å². The second-order valence-corrected chi connectivity index (χ2v) is 7.28. The number of carbonyl (C=O) groups excluding carboxylic acids is 2. The zero-order valence-corrected chi connectivity index (χ0v) is 16.5. The number of rotatable bonds is 4. The van der Waals surface area contributed by atoms with Crippen LogP contribution in [0.2, 0.25) is 0 Å². The molecule has 0 amide bonds. The van der Waals surface area contributed by atoms with Gasteiger partial charge in [0.15, 0.2) is 11.7 Å². The molecule has 1 aliphatic carbocycles. The van der Waals surface area contributed by atoms with Crippen LogP contribution in [-0.4, -0.2) is 41.2 Å². The number of hydrogen-bond donors (Lipinski definition) is 1. The number of methoxy groups -OCH3 is 1. The number of nitrogens with zero attached hydrogens (tertiary/aromatic N) is 1. The SMILES string of the molecule is COC(=O)c1c(C=C2C(=O)C=Cc3ccccc32)c(O)n(C[C@@H]2CCCO2)c1C. The lowest BCUT2D eigenvalue weighted by Crippen LogP contribution is -2.16. The molecule has 1 aromatic heterocycles. The van der Waals surface area contributed by atoms with E-state index in [9.17, 15) is 14.7 Å². The van der Waals surface area contributed by atoms with Gasteiger partial charge in [0.25, 0.3) is 0 Å². The Morgan fingerprint density at radius 2 is 2.14 bits per heavy atom. The van der Waals surface area contributed by atoms with E-state index in [2.05, 4.69) is 0 Å². The first kappa shape index (κ1) is 19.2. The van der Waals surface area contributed by atoms with Gasteiger partial charge in [-0.05, 0) is 43.0 Å². The first-order valence-electron chi connectivity index (χ1n) is 9.66. The molecule has 0 unspecified atom stereocenters. The lowest BCUT2D eigenvalue weighted by Gasteiger charge is -2.14. The molecule has 1 atom stereocenters. The number of hydrogen-bond acceptors (Lipinski definition) is 5. The van der Waals surface area contributed by atoms with E-state index >= 15 is 0 Å². The Labute approximate surface area is 169 Å². The first-order chi connectivity index (χ1) is 14.0. The topological polar surface area (TPSA) is 77.8 Å². The van der Waals surface area contributed by atoms with Gasteiger partial charge in [0.1, 0.15) is 0 Å². The summed E-state index contributed by atoms with van der Waals surface area (Å²) in [5.41, 5.74) is 3.24. The molecule has 150 valence electrons. The molecule has 1 saturated heterocycles. The molecule has 0 spiro atoms. The van der Waals surface area contributed by atoms with Crippen LogP contribution in [0.1, 0.15) is 45.6 Å². The number of benzene rings is 1. The smallest absolute Gasteiger partial charge is 0.340 e. The second-order valence-electron chi connectivity index (χ2n) is 7.28. The van der Waals surface area contributed by atoms with Crippen LogP contribution in [0.25, 0.3) is 17.7 Å². The van der Waals surface area contributed by atoms with Gasteiger partial charge in [-0.15, -0.1) is 0 Å². The van der Waals surface area contributed by atoms with Gasteiger partial charge in [0.05, 0.1) is 30.9 Å². The second kappa shape index (κ2) is 7.72. The molecule has 2 aromatic rings. The number of carbonyl (C=O) groups is 2. The third-order valence-electron chi connectivity index (χ3n) is 5.55. The maximum absolute atomic E-state index is 12.6. The van der Waals surface area contributed by atoms with Gasteiger partial charge in [0.2, 0.25) is 0 Å². The van der Waals surface area contributed by atoms with E-state index in [4.69, 9.17) is 9.47 Å². The number of fused-ring (bicyclic) bond motifs is 1. The maximum Gasteiger partial charge on any atom is 0.340 e. The van der Waals surface area contributed by atoms with Crippen molar-refractivity contribution in [3.63, 3.8) is 0 Å². The Kier molecular flexibility index (Phi) is 5.11. The van der Waals surface area contributed by atoms with Crippen molar-refractivity contribution in [1.82, 2.24) is 4.57 Å². The molecule has 0 bridgehead atoms. The third kappa shape index (κ3) is 3.40. The van der Waals surface area contributed by atoms with Crippen LogP contribution in [0.4, 0.5) is 0 Å². The molecule has 6 heteroatoms. The molecule has 2 heterocycles. The van der Waals surface area contributed by atoms with Crippen molar-refractivity contribution in [2.75, 3.05) is 13.7 Å². The molecule has 0 radical (unpaired) electrons. The van der Waals surface area contributed by atoms with Gasteiger partial charge in [-0.1, -0.05) is 30.3 Å². The van der Waals surface area contributed by atoms with Crippen LogP contribution in [0, 0.1) is 6.92 Å². The van der Waals surface area contributed by atoms with Crippen molar-refractivity contribution in [3.05, 3.63) is 58.3 Å². The van der Waals surface area contributed by atoms with Crippen LogP contribution in [0.15, 0.2) is 30.3 Å². The fraction of sp³-hybridized carbons (Fsp3) is 0.304. The maximum atomic E-state index is 12.6. The van der Waals surface area contributed by atoms with Gasteiger partial charge < -0.3 is 19.1 Å². The highest BCUT2D eigenvalue weighted by atomic mass is 16.5. The number of esters is 1. The summed E-state index contributed by atoms with van der Waals surface area (Å²) in [7, 11) is 1.30. The summed E-state index contributed by atoms with van der Waals surface area (Å²) in [5.74, 6) is -0.794. The minimum absolute atomic E-state index is 0.0158. The van der Waals surface area contributed by atoms with Crippen molar-refractivity contribution in [2.24, 2.45) is 0 Å². The lowest BCUT2D eigenvalue weighted by atomic mass is 9.90. The monoisotopic (exact) mass is 393 g/mol. The van der Waals surface area contributed by atoms with Gasteiger partial charge in [-0.25, -0.2) is 4.79 Å². The predicted octanol–water partition coefficient (Wildman–Crippen LogP) is 3.60.